The van der Waals surface area contributed by atoms with E-state index in [1.807, 2.05) is 0 Å². The first-order valence-electron chi connectivity index (χ1n) is 8.43. The lowest BCUT2D eigenvalue weighted by molar-refractivity contribution is -0.138. The first-order chi connectivity index (χ1) is 10.1. The summed E-state index contributed by atoms with van der Waals surface area (Å²) in [5.41, 5.74) is 0.582. The molecule has 2 heterocycles. The molecule has 0 saturated carbocycles. The Morgan fingerprint density at radius 3 is 1.38 bits per heavy atom. The second kappa shape index (κ2) is 8.47. The number of hydrogen-bond donors (Lipinski definition) is 0. The third-order valence-corrected chi connectivity index (χ3v) is 4.28. The molecule has 0 radical (unpaired) electrons. The van der Waals surface area contributed by atoms with E-state index in [9.17, 15) is 0 Å². The van der Waals surface area contributed by atoms with Crippen molar-refractivity contribution in [2.24, 2.45) is 10.8 Å². The van der Waals surface area contributed by atoms with E-state index in [4.69, 9.17) is 18.9 Å². The standard InChI is InChI=1S/C17H32O4/c1-16(12-20-13-16)10-18-8-6-4-3-5-7-9-19-11-17(2)14-21-15-17/h3-15H2,1-2H3. The summed E-state index contributed by atoms with van der Waals surface area (Å²) in [4.78, 5) is 0. The zero-order valence-corrected chi connectivity index (χ0v) is 13.8. The molecule has 0 N–H and O–H groups in total. The van der Waals surface area contributed by atoms with Gasteiger partial charge in [-0.1, -0.05) is 33.1 Å². The molecule has 2 fully saturated rings. The summed E-state index contributed by atoms with van der Waals surface area (Å²) >= 11 is 0. The molecular weight excluding hydrogens is 268 g/mol. The van der Waals surface area contributed by atoms with Crippen LogP contribution in [0.15, 0.2) is 0 Å². The average molecular weight is 300 g/mol. The van der Waals surface area contributed by atoms with Crippen molar-refractivity contribution in [3.05, 3.63) is 0 Å². The maximum Gasteiger partial charge on any atom is 0.0564 e. The van der Waals surface area contributed by atoms with E-state index < -0.39 is 0 Å². The molecule has 0 spiro atoms. The van der Waals surface area contributed by atoms with Gasteiger partial charge >= 0.3 is 0 Å². The Morgan fingerprint density at radius 2 is 1.05 bits per heavy atom. The Bertz CT molecular complexity index is 257. The second-order valence-electron chi connectivity index (χ2n) is 7.48. The van der Waals surface area contributed by atoms with Crippen molar-refractivity contribution in [2.75, 3.05) is 52.9 Å². The second-order valence-corrected chi connectivity index (χ2v) is 7.48. The van der Waals surface area contributed by atoms with E-state index in [0.29, 0.717) is 10.8 Å². The Hall–Kier alpha value is -0.160. The SMILES string of the molecule is CC1(COCCCCCCCOCC2(C)COC2)COC1. The van der Waals surface area contributed by atoms with Crippen molar-refractivity contribution in [2.45, 2.75) is 46.0 Å². The number of unbranched alkanes of at least 4 members (excludes halogenated alkanes) is 4. The van der Waals surface area contributed by atoms with Crippen LogP contribution in [-0.4, -0.2) is 52.9 Å². The first kappa shape index (κ1) is 17.2. The number of hydrogen-bond acceptors (Lipinski definition) is 4. The third kappa shape index (κ3) is 6.23. The Morgan fingerprint density at radius 1 is 0.667 bits per heavy atom. The summed E-state index contributed by atoms with van der Waals surface area (Å²) in [6.45, 7) is 11.4. The van der Waals surface area contributed by atoms with Gasteiger partial charge in [-0.05, 0) is 12.8 Å². The van der Waals surface area contributed by atoms with Crippen LogP contribution in [0.4, 0.5) is 0 Å². The molecular formula is C17H32O4. The summed E-state index contributed by atoms with van der Waals surface area (Å²) in [5.74, 6) is 0. The molecule has 0 aliphatic carbocycles. The molecule has 0 amide bonds. The molecule has 0 aromatic heterocycles. The molecule has 124 valence electrons. The van der Waals surface area contributed by atoms with Crippen LogP contribution < -0.4 is 0 Å². The summed E-state index contributed by atoms with van der Waals surface area (Å²) in [5, 5.41) is 0. The summed E-state index contributed by atoms with van der Waals surface area (Å²) in [6.07, 6.45) is 6.16. The van der Waals surface area contributed by atoms with Gasteiger partial charge in [0.25, 0.3) is 0 Å². The zero-order chi connectivity index (χ0) is 15.0. The molecule has 2 rings (SSSR count). The minimum absolute atomic E-state index is 0.291. The van der Waals surface area contributed by atoms with Crippen LogP contribution in [0.2, 0.25) is 0 Å². The van der Waals surface area contributed by atoms with Crippen LogP contribution in [0.1, 0.15) is 46.0 Å². The topological polar surface area (TPSA) is 36.9 Å². The Kier molecular flexibility index (Phi) is 6.93. The van der Waals surface area contributed by atoms with Crippen molar-refractivity contribution in [3.63, 3.8) is 0 Å². The van der Waals surface area contributed by atoms with Crippen molar-refractivity contribution in [1.29, 1.82) is 0 Å². The monoisotopic (exact) mass is 300 g/mol. The van der Waals surface area contributed by atoms with Crippen LogP contribution in [0.25, 0.3) is 0 Å². The Balaban J connectivity index is 1.28. The molecule has 2 saturated heterocycles. The van der Waals surface area contributed by atoms with E-state index >= 15 is 0 Å². The molecule has 21 heavy (non-hydrogen) atoms. The molecule has 0 atom stereocenters. The lowest BCUT2D eigenvalue weighted by atomic mass is 9.90. The molecule has 0 bridgehead atoms. The van der Waals surface area contributed by atoms with Gasteiger partial charge in [0, 0.05) is 24.0 Å². The Labute approximate surface area is 129 Å². The van der Waals surface area contributed by atoms with Gasteiger partial charge in [-0.2, -0.15) is 0 Å². The van der Waals surface area contributed by atoms with Crippen molar-refractivity contribution in [3.8, 4) is 0 Å². The molecule has 0 aromatic carbocycles. The normalized spacial score (nSPS) is 22.6. The highest BCUT2D eigenvalue weighted by Gasteiger charge is 2.34. The van der Waals surface area contributed by atoms with Crippen molar-refractivity contribution < 1.29 is 18.9 Å². The van der Waals surface area contributed by atoms with Crippen LogP contribution in [-0.2, 0) is 18.9 Å². The molecule has 4 heteroatoms. The predicted octanol–water partition coefficient (Wildman–Crippen LogP) is 3.04. The molecule has 4 nitrogen and oxygen atoms in total. The highest BCUT2D eigenvalue weighted by atomic mass is 16.5. The summed E-state index contributed by atoms with van der Waals surface area (Å²) in [7, 11) is 0. The minimum atomic E-state index is 0.291. The zero-order valence-electron chi connectivity index (χ0n) is 13.8. The fourth-order valence-electron chi connectivity index (χ4n) is 2.64. The maximum atomic E-state index is 5.73. The number of rotatable bonds is 12. The minimum Gasteiger partial charge on any atom is -0.381 e. The summed E-state index contributed by atoms with van der Waals surface area (Å²) in [6, 6.07) is 0. The van der Waals surface area contributed by atoms with Gasteiger partial charge in [-0.25, -0.2) is 0 Å². The maximum absolute atomic E-state index is 5.73. The quantitative estimate of drug-likeness (QED) is 0.519. The van der Waals surface area contributed by atoms with Gasteiger partial charge in [0.2, 0.25) is 0 Å². The van der Waals surface area contributed by atoms with Crippen molar-refractivity contribution >= 4 is 0 Å². The van der Waals surface area contributed by atoms with Gasteiger partial charge in [0.1, 0.15) is 0 Å². The van der Waals surface area contributed by atoms with E-state index in [-0.39, 0.29) is 0 Å². The van der Waals surface area contributed by atoms with Gasteiger partial charge < -0.3 is 18.9 Å². The van der Waals surface area contributed by atoms with E-state index in [1.54, 1.807) is 0 Å². The third-order valence-electron chi connectivity index (χ3n) is 4.28. The molecule has 0 unspecified atom stereocenters. The van der Waals surface area contributed by atoms with Crippen LogP contribution in [0.5, 0.6) is 0 Å². The fourth-order valence-corrected chi connectivity index (χ4v) is 2.64. The number of ether oxygens (including phenoxy) is 4. The van der Waals surface area contributed by atoms with Crippen molar-refractivity contribution in [1.82, 2.24) is 0 Å². The highest BCUT2D eigenvalue weighted by Crippen LogP contribution is 2.27. The lowest BCUT2D eigenvalue weighted by Crippen LogP contribution is -2.43. The summed E-state index contributed by atoms with van der Waals surface area (Å²) < 4.78 is 21.9. The van der Waals surface area contributed by atoms with Gasteiger partial charge in [-0.3, -0.25) is 0 Å². The molecule has 0 aromatic rings. The molecule has 2 aliphatic rings. The predicted molar refractivity (Wildman–Crippen MR) is 82.6 cm³/mol. The van der Waals surface area contributed by atoms with E-state index in [2.05, 4.69) is 13.8 Å². The van der Waals surface area contributed by atoms with E-state index in [1.165, 1.54) is 32.1 Å². The van der Waals surface area contributed by atoms with Crippen LogP contribution in [0, 0.1) is 10.8 Å². The highest BCUT2D eigenvalue weighted by molar-refractivity contribution is 4.80. The average Bonchev–Trinajstić information content (AvgIpc) is 2.40. The van der Waals surface area contributed by atoms with Crippen LogP contribution >= 0.6 is 0 Å². The largest absolute Gasteiger partial charge is 0.381 e. The molecule has 2 aliphatic heterocycles. The van der Waals surface area contributed by atoms with Crippen LogP contribution in [0.3, 0.4) is 0 Å². The fraction of sp³-hybridized carbons (Fsp3) is 1.00. The lowest BCUT2D eigenvalue weighted by Gasteiger charge is -2.37. The smallest absolute Gasteiger partial charge is 0.0564 e. The van der Waals surface area contributed by atoms with Gasteiger partial charge in [-0.15, -0.1) is 0 Å². The van der Waals surface area contributed by atoms with Gasteiger partial charge in [0.05, 0.1) is 39.6 Å². The first-order valence-corrected chi connectivity index (χ1v) is 8.43. The van der Waals surface area contributed by atoms with E-state index in [0.717, 1.165) is 52.9 Å². The van der Waals surface area contributed by atoms with Gasteiger partial charge in [0.15, 0.2) is 0 Å².